The number of amides is 3. The molecule has 2 aromatic carbocycles. The van der Waals surface area contributed by atoms with Gasteiger partial charge in [-0.2, -0.15) is 0 Å². The lowest BCUT2D eigenvalue weighted by atomic mass is 9.91. The quantitative estimate of drug-likeness (QED) is 0.127. The van der Waals surface area contributed by atoms with Crippen molar-refractivity contribution in [2.75, 3.05) is 24.9 Å². The Bertz CT molecular complexity index is 1650. The minimum atomic E-state index is -1.06. The van der Waals surface area contributed by atoms with Gasteiger partial charge in [-0.15, -0.1) is 0 Å². The highest BCUT2D eigenvalue weighted by molar-refractivity contribution is 6.06. The SMILES string of the molecule is CO[C@H]1C=CC=C(C)C(=O)Nc2cc(O)c(NC(=O)Cc3ccc(O)cc3)c(c2O)C=C(C)C[C@H](OC)[C@H](O)[C@@H](C)C=C(C)[C@@H]1OC(N)=O. The molecule has 0 aromatic heterocycles. The van der Waals surface area contributed by atoms with Gasteiger partial charge >= 0.3 is 6.09 Å². The van der Waals surface area contributed by atoms with Gasteiger partial charge in [0, 0.05) is 37.3 Å². The summed E-state index contributed by atoms with van der Waals surface area (Å²) in [6.45, 7) is 6.72. The lowest BCUT2D eigenvalue weighted by Crippen LogP contribution is -2.36. The Hall–Kier alpha value is -5.11. The molecule has 0 aliphatic carbocycles. The first-order valence-corrected chi connectivity index (χ1v) is 15.5. The molecule has 49 heavy (non-hydrogen) atoms. The largest absolute Gasteiger partial charge is 0.508 e. The average Bonchev–Trinajstić information content (AvgIpc) is 3.04. The van der Waals surface area contributed by atoms with Gasteiger partial charge in [0.2, 0.25) is 5.91 Å². The van der Waals surface area contributed by atoms with E-state index in [1.54, 1.807) is 45.1 Å². The number of ether oxygens (including phenoxy) is 3. The number of methoxy groups -OCH3 is 2. The Labute approximate surface area is 285 Å². The molecule has 264 valence electrons. The van der Waals surface area contributed by atoms with E-state index in [1.165, 1.54) is 51.5 Å². The molecular formula is C36H45N3O10. The van der Waals surface area contributed by atoms with Gasteiger partial charge in [-0.1, -0.05) is 48.9 Å². The van der Waals surface area contributed by atoms with E-state index in [9.17, 15) is 34.8 Å². The number of hydrogen-bond acceptors (Lipinski definition) is 10. The number of phenolic OH excluding ortho intramolecular Hbond substituents is 3. The number of nitrogens with one attached hydrogen (secondary N) is 2. The number of anilines is 2. The number of allylic oxidation sites excluding steroid dienone is 2. The highest BCUT2D eigenvalue weighted by Gasteiger charge is 2.29. The molecule has 1 aliphatic heterocycles. The van der Waals surface area contributed by atoms with Gasteiger partial charge < -0.3 is 51.0 Å². The van der Waals surface area contributed by atoms with Crippen LogP contribution in [0.4, 0.5) is 16.2 Å². The van der Waals surface area contributed by atoms with Gasteiger partial charge in [-0.3, -0.25) is 9.59 Å². The van der Waals surface area contributed by atoms with Crippen LogP contribution in [0.25, 0.3) is 6.08 Å². The third-order valence-electron chi connectivity index (χ3n) is 8.06. The smallest absolute Gasteiger partial charge is 0.405 e. The summed E-state index contributed by atoms with van der Waals surface area (Å²) in [6.07, 6.45) is 3.26. The van der Waals surface area contributed by atoms with Crippen LogP contribution in [-0.2, 0) is 30.2 Å². The van der Waals surface area contributed by atoms with Crippen molar-refractivity contribution in [3.05, 3.63) is 82.5 Å². The second-order valence-corrected chi connectivity index (χ2v) is 11.9. The van der Waals surface area contributed by atoms with Crippen LogP contribution in [0.1, 0.15) is 45.2 Å². The van der Waals surface area contributed by atoms with Crippen molar-refractivity contribution < 1.29 is 49.0 Å². The minimum absolute atomic E-state index is 0.00816. The Kier molecular flexibility index (Phi) is 13.6. The van der Waals surface area contributed by atoms with Crippen LogP contribution in [0, 0.1) is 5.92 Å². The summed E-state index contributed by atoms with van der Waals surface area (Å²) < 4.78 is 16.6. The van der Waals surface area contributed by atoms with E-state index in [0.717, 1.165) is 6.07 Å². The van der Waals surface area contributed by atoms with Crippen molar-refractivity contribution >= 4 is 35.4 Å². The van der Waals surface area contributed by atoms with E-state index in [2.05, 4.69) is 10.6 Å². The Morgan fingerprint density at radius 2 is 1.73 bits per heavy atom. The van der Waals surface area contributed by atoms with E-state index in [-0.39, 0.29) is 41.1 Å². The molecule has 0 saturated carbocycles. The summed E-state index contributed by atoms with van der Waals surface area (Å²) in [5, 5.41) is 48.6. The number of hydrogen-bond donors (Lipinski definition) is 7. The van der Waals surface area contributed by atoms with Gasteiger partial charge in [0.05, 0.1) is 30.0 Å². The highest BCUT2D eigenvalue weighted by atomic mass is 16.6. The van der Waals surface area contributed by atoms with E-state index in [4.69, 9.17) is 19.9 Å². The van der Waals surface area contributed by atoms with Gasteiger partial charge in [0.25, 0.3) is 5.91 Å². The third-order valence-corrected chi connectivity index (χ3v) is 8.06. The van der Waals surface area contributed by atoms with Gasteiger partial charge in [0.15, 0.2) is 6.10 Å². The van der Waals surface area contributed by atoms with E-state index >= 15 is 0 Å². The monoisotopic (exact) mass is 679 g/mol. The van der Waals surface area contributed by atoms with Crippen LogP contribution in [0.15, 0.2) is 71.4 Å². The van der Waals surface area contributed by atoms with Crippen LogP contribution in [-0.4, -0.2) is 77.0 Å². The maximum atomic E-state index is 13.2. The van der Waals surface area contributed by atoms with Crippen molar-refractivity contribution in [2.45, 2.75) is 65.0 Å². The summed E-state index contributed by atoms with van der Waals surface area (Å²) >= 11 is 0. The zero-order valence-corrected chi connectivity index (χ0v) is 28.4. The summed E-state index contributed by atoms with van der Waals surface area (Å²) in [5.74, 6) is -2.46. The number of fused-ring (bicyclic) bond motifs is 2. The number of primary amides is 1. The van der Waals surface area contributed by atoms with Crippen molar-refractivity contribution in [2.24, 2.45) is 11.7 Å². The van der Waals surface area contributed by atoms with Crippen molar-refractivity contribution in [1.82, 2.24) is 0 Å². The van der Waals surface area contributed by atoms with Crippen LogP contribution < -0.4 is 16.4 Å². The molecule has 2 bridgehead atoms. The number of rotatable bonds is 6. The predicted molar refractivity (Wildman–Crippen MR) is 185 cm³/mol. The lowest BCUT2D eigenvalue weighted by molar-refractivity contribution is -0.115. The molecular weight excluding hydrogens is 634 g/mol. The number of benzene rings is 2. The third kappa shape index (κ3) is 10.4. The molecule has 1 heterocycles. The fraction of sp³-hybridized carbons (Fsp3) is 0.361. The van der Waals surface area contributed by atoms with Crippen LogP contribution >= 0.6 is 0 Å². The first-order valence-electron chi connectivity index (χ1n) is 15.5. The molecule has 1 aliphatic rings. The van der Waals surface area contributed by atoms with Crippen molar-refractivity contribution in [1.29, 1.82) is 0 Å². The molecule has 3 amide bonds. The molecule has 0 unspecified atom stereocenters. The zero-order valence-electron chi connectivity index (χ0n) is 28.4. The Balaban J connectivity index is 2.14. The maximum Gasteiger partial charge on any atom is 0.405 e. The molecule has 8 N–H and O–H groups in total. The number of carbonyl (C=O) groups is 3. The first kappa shape index (κ1) is 38.3. The lowest BCUT2D eigenvalue weighted by Gasteiger charge is -2.28. The maximum absolute atomic E-state index is 13.2. The van der Waals surface area contributed by atoms with E-state index in [0.29, 0.717) is 16.7 Å². The first-order chi connectivity index (χ1) is 23.1. The number of carbonyl (C=O) groups excluding carboxylic acids is 3. The second-order valence-electron chi connectivity index (χ2n) is 11.9. The molecule has 5 atom stereocenters. The van der Waals surface area contributed by atoms with Crippen molar-refractivity contribution in [3.63, 3.8) is 0 Å². The Morgan fingerprint density at radius 1 is 1.06 bits per heavy atom. The number of aliphatic hydroxyl groups is 1. The molecule has 2 aromatic rings. The summed E-state index contributed by atoms with van der Waals surface area (Å²) in [7, 11) is 2.85. The molecule has 0 spiro atoms. The fourth-order valence-corrected chi connectivity index (χ4v) is 5.39. The summed E-state index contributed by atoms with van der Waals surface area (Å²) in [5.41, 5.74) is 7.06. The number of aromatic hydroxyl groups is 3. The molecule has 13 nitrogen and oxygen atoms in total. The number of phenols is 3. The summed E-state index contributed by atoms with van der Waals surface area (Å²) in [6, 6.07) is 7.16. The average molecular weight is 680 g/mol. The van der Waals surface area contributed by atoms with E-state index in [1.807, 2.05) is 0 Å². The molecule has 0 radical (unpaired) electrons. The summed E-state index contributed by atoms with van der Waals surface area (Å²) in [4.78, 5) is 38.0. The van der Waals surface area contributed by atoms with Crippen LogP contribution in [0.5, 0.6) is 17.2 Å². The standard InChI is InChI=1S/C36H45N3O10/c1-19-14-25-31(39-30(42)17-23-10-12-24(40)13-11-23)27(41)18-26(33(25)44)38-35(45)20(2)8-7-9-28(47-5)34(49-36(37)46)22(4)16-21(3)32(43)29(15-19)48-6/h7-14,16,18,21,28-29,32,34,40-41,43-44H,15,17H2,1-6H3,(H2,37,46)(H,38,45)(H,39,42)/t21-,28-,29-,32+,34-/m0/s1. The molecule has 3 rings (SSSR count). The number of aliphatic hydroxyl groups excluding tert-OH is 1. The molecule has 0 saturated heterocycles. The van der Waals surface area contributed by atoms with Gasteiger partial charge in [-0.05, 0) is 56.5 Å². The number of nitrogens with two attached hydrogens (primary N) is 1. The minimum Gasteiger partial charge on any atom is -0.508 e. The Morgan fingerprint density at radius 3 is 2.35 bits per heavy atom. The second kappa shape index (κ2) is 17.3. The molecule has 0 fully saturated rings. The van der Waals surface area contributed by atoms with Crippen molar-refractivity contribution in [3.8, 4) is 17.2 Å². The highest BCUT2D eigenvalue weighted by Crippen LogP contribution is 2.42. The zero-order chi connectivity index (χ0) is 36.4. The normalized spacial score (nSPS) is 22.3. The van der Waals surface area contributed by atoms with Gasteiger partial charge in [-0.25, -0.2) is 4.79 Å². The predicted octanol–water partition coefficient (Wildman–Crippen LogP) is 4.67. The van der Waals surface area contributed by atoms with Gasteiger partial charge in [0.1, 0.15) is 23.4 Å². The van der Waals surface area contributed by atoms with Crippen LogP contribution in [0.3, 0.4) is 0 Å². The molecule has 13 heteroatoms. The topological polar surface area (TPSA) is 210 Å². The van der Waals surface area contributed by atoms with E-state index < -0.39 is 59.7 Å². The van der Waals surface area contributed by atoms with Crippen LogP contribution in [0.2, 0.25) is 0 Å². The fourth-order valence-electron chi connectivity index (χ4n) is 5.39.